The summed E-state index contributed by atoms with van der Waals surface area (Å²) in [7, 11) is 6.49. The van der Waals surface area contributed by atoms with Crippen LogP contribution in [0.15, 0.2) is 12.1 Å². The van der Waals surface area contributed by atoms with E-state index in [0.717, 1.165) is 17.5 Å². The van der Waals surface area contributed by atoms with Crippen molar-refractivity contribution >= 4 is 5.91 Å². The van der Waals surface area contributed by atoms with Crippen LogP contribution in [0, 0.1) is 0 Å². The van der Waals surface area contributed by atoms with Crippen LogP contribution in [-0.2, 0) is 31.8 Å². The SMILES string of the molecule is CCc1c(CC(=O)N(C)CCOC)cc(OCOC)cc1OCOC. The Labute approximate surface area is 149 Å². The van der Waals surface area contributed by atoms with Gasteiger partial charge >= 0.3 is 0 Å². The molecule has 0 N–H and O–H groups in total. The highest BCUT2D eigenvalue weighted by atomic mass is 16.7. The van der Waals surface area contributed by atoms with Gasteiger partial charge in [-0.15, -0.1) is 0 Å². The van der Waals surface area contributed by atoms with Gasteiger partial charge in [0.2, 0.25) is 5.91 Å². The molecule has 1 amide bonds. The van der Waals surface area contributed by atoms with Crippen LogP contribution in [0.4, 0.5) is 0 Å². The molecule has 0 fully saturated rings. The fraction of sp³-hybridized carbons (Fsp3) is 0.611. The lowest BCUT2D eigenvalue weighted by molar-refractivity contribution is -0.129. The molecule has 1 rings (SSSR count). The minimum atomic E-state index is 0.00772. The fourth-order valence-electron chi connectivity index (χ4n) is 2.35. The zero-order chi connectivity index (χ0) is 18.7. The number of carbonyl (C=O) groups excluding carboxylic acids is 1. The van der Waals surface area contributed by atoms with Crippen LogP contribution in [0.3, 0.4) is 0 Å². The highest BCUT2D eigenvalue weighted by Gasteiger charge is 2.17. The van der Waals surface area contributed by atoms with Gasteiger partial charge in [0.1, 0.15) is 11.5 Å². The van der Waals surface area contributed by atoms with Crippen molar-refractivity contribution in [1.29, 1.82) is 0 Å². The molecule has 1 aromatic carbocycles. The zero-order valence-corrected chi connectivity index (χ0v) is 15.8. The molecule has 25 heavy (non-hydrogen) atoms. The smallest absolute Gasteiger partial charge is 0.226 e. The second-order valence-electron chi connectivity index (χ2n) is 5.50. The van der Waals surface area contributed by atoms with Gasteiger partial charge in [0.15, 0.2) is 13.6 Å². The molecule has 0 unspecified atom stereocenters. The lowest BCUT2D eigenvalue weighted by atomic mass is 10.00. The van der Waals surface area contributed by atoms with Gasteiger partial charge in [-0.05, 0) is 23.6 Å². The van der Waals surface area contributed by atoms with E-state index in [4.69, 9.17) is 23.7 Å². The monoisotopic (exact) mass is 355 g/mol. The highest BCUT2D eigenvalue weighted by molar-refractivity contribution is 5.79. The molecule has 7 nitrogen and oxygen atoms in total. The first-order chi connectivity index (χ1) is 12.1. The summed E-state index contributed by atoms with van der Waals surface area (Å²) in [5.41, 5.74) is 1.84. The normalized spacial score (nSPS) is 10.6. The first kappa shape index (κ1) is 21.2. The molecular weight excluding hydrogens is 326 g/mol. The van der Waals surface area contributed by atoms with E-state index in [1.54, 1.807) is 39.3 Å². The lowest BCUT2D eigenvalue weighted by Crippen LogP contribution is -2.31. The number of hydrogen-bond donors (Lipinski definition) is 0. The van der Waals surface area contributed by atoms with Gasteiger partial charge < -0.3 is 28.6 Å². The molecule has 0 saturated carbocycles. The topological polar surface area (TPSA) is 66.5 Å². The molecule has 0 aromatic heterocycles. The Morgan fingerprint density at radius 3 is 2.32 bits per heavy atom. The zero-order valence-electron chi connectivity index (χ0n) is 15.8. The van der Waals surface area contributed by atoms with Gasteiger partial charge in [0.05, 0.1) is 13.0 Å². The lowest BCUT2D eigenvalue weighted by Gasteiger charge is -2.20. The molecule has 1 aromatic rings. The summed E-state index contributed by atoms with van der Waals surface area (Å²) in [6.45, 7) is 3.32. The number of amides is 1. The Morgan fingerprint density at radius 2 is 1.72 bits per heavy atom. The summed E-state index contributed by atoms with van der Waals surface area (Å²) in [5.74, 6) is 1.25. The van der Waals surface area contributed by atoms with E-state index in [9.17, 15) is 4.79 Å². The van der Waals surface area contributed by atoms with Crippen LogP contribution in [0.2, 0.25) is 0 Å². The summed E-state index contributed by atoms with van der Waals surface area (Å²) in [5, 5.41) is 0. The Hall–Kier alpha value is -1.83. The van der Waals surface area contributed by atoms with Crippen LogP contribution in [-0.4, -0.2) is 65.9 Å². The van der Waals surface area contributed by atoms with E-state index < -0.39 is 0 Å². The van der Waals surface area contributed by atoms with Gasteiger partial charge in [-0.1, -0.05) is 6.92 Å². The van der Waals surface area contributed by atoms with Crippen LogP contribution in [0.25, 0.3) is 0 Å². The van der Waals surface area contributed by atoms with Gasteiger partial charge in [-0.25, -0.2) is 0 Å². The number of hydrogen-bond acceptors (Lipinski definition) is 6. The van der Waals surface area contributed by atoms with E-state index in [1.807, 2.05) is 13.0 Å². The average molecular weight is 355 g/mol. The van der Waals surface area contributed by atoms with E-state index >= 15 is 0 Å². The van der Waals surface area contributed by atoms with Gasteiger partial charge in [0.25, 0.3) is 0 Å². The quantitative estimate of drug-likeness (QED) is 0.533. The third kappa shape index (κ3) is 6.89. The van der Waals surface area contributed by atoms with Crippen LogP contribution in [0.1, 0.15) is 18.1 Å². The van der Waals surface area contributed by atoms with Crippen LogP contribution >= 0.6 is 0 Å². The third-order valence-electron chi connectivity index (χ3n) is 3.70. The van der Waals surface area contributed by atoms with Crippen molar-refractivity contribution in [3.8, 4) is 11.5 Å². The third-order valence-corrected chi connectivity index (χ3v) is 3.70. The fourth-order valence-corrected chi connectivity index (χ4v) is 2.35. The maximum Gasteiger partial charge on any atom is 0.226 e. The number of nitrogens with zero attached hydrogens (tertiary/aromatic N) is 1. The van der Waals surface area contributed by atoms with E-state index in [2.05, 4.69) is 0 Å². The number of methoxy groups -OCH3 is 3. The Kier molecular flexibility index (Phi) is 9.91. The molecule has 0 radical (unpaired) electrons. The van der Waals surface area contributed by atoms with Gasteiger partial charge in [-0.3, -0.25) is 4.79 Å². The van der Waals surface area contributed by atoms with Crippen LogP contribution in [0.5, 0.6) is 11.5 Å². The minimum absolute atomic E-state index is 0.00772. The number of benzene rings is 1. The molecule has 142 valence electrons. The molecular formula is C18H29NO6. The van der Waals surface area contributed by atoms with Crippen molar-refractivity contribution in [3.63, 3.8) is 0 Å². The maximum absolute atomic E-state index is 12.5. The first-order valence-electron chi connectivity index (χ1n) is 8.19. The molecule has 0 aliphatic heterocycles. The van der Waals surface area contributed by atoms with Crippen molar-refractivity contribution in [3.05, 3.63) is 23.3 Å². The van der Waals surface area contributed by atoms with Crippen molar-refractivity contribution in [2.75, 3.05) is 55.1 Å². The average Bonchev–Trinajstić information content (AvgIpc) is 2.62. The van der Waals surface area contributed by atoms with Crippen molar-refractivity contribution in [2.45, 2.75) is 19.8 Å². The van der Waals surface area contributed by atoms with Crippen molar-refractivity contribution < 1.29 is 28.5 Å². The largest absolute Gasteiger partial charge is 0.467 e. The summed E-state index contributed by atoms with van der Waals surface area (Å²) in [6, 6.07) is 3.65. The minimum Gasteiger partial charge on any atom is -0.467 e. The Morgan fingerprint density at radius 1 is 1.04 bits per heavy atom. The predicted molar refractivity (Wildman–Crippen MR) is 94.0 cm³/mol. The first-order valence-corrected chi connectivity index (χ1v) is 8.19. The Balaban J connectivity index is 3.05. The van der Waals surface area contributed by atoms with E-state index in [-0.39, 0.29) is 25.9 Å². The second kappa shape index (κ2) is 11.7. The number of likely N-dealkylation sites (N-methyl/N-ethyl adjacent to an activating group) is 1. The van der Waals surface area contributed by atoms with Crippen molar-refractivity contribution in [2.24, 2.45) is 0 Å². The number of rotatable bonds is 12. The molecule has 0 spiro atoms. The highest BCUT2D eigenvalue weighted by Crippen LogP contribution is 2.30. The standard InChI is InChI=1S/C18H29NO6/c1-6-16-14(10-18(20)19(2)7-8-21-3)9-15(24-12-22-4)11-17(16)25-13-23-5/h9,11H,6-8,10,12-13H2,1-5H3. The molecule has 0 aliphatic carbocycles. The number of carbonyl (C=O) groups is 1. The van der Waals surface area contributed by atoms with Gasteiger partial charge in [0, 0.05) is 41.0 Å². The molecule has 0 aliphatic rings. The maximum atomic E-state index is 12.5. The molecule has 0 saturated heterocycles. The summed E-state index contributed by atoms with van der Waals surface area (Å²) in [6.07, 6.45) is 0.991. The molecule has 7 heteroatoms. The summed E-state index contributed by atoms with van der Waals surface area (Å²) >= 11 is 0. The van der Waals surface area contributed by atoms with Crippen LogP contribution < -0.4 is 9.47 Å². The molecule has 0 atom stereocenters. The molecule has 0 heterocycles. The Bertz CT molecular complexity index is 535. The van der Waals surface area contributed by atoms with E-state index in [0.29, 0.717) is 24.7 Å². The second-order valence-corrected chi connectivity index (χ2v) is 5.50. The van der Waals surface area contributed by atoms with E-state index in [1.165, 1.54) is 0 Å². The van der Waals surface area contributed by atoms with Gasteiger partial charge in [-0.2, -0.15) is 0 Å². The predicted octanol–water partition coefficient (Wildman–Crippen LogP) is 1.86. The summed E-state index contributed by atoms with van der Waals surface area (Å²) < 4.78 is 26.2. The number of ether oxygens (including phenoxy) is 5. The molecule has 0 bridgehead atoms. The van der Waals surface area contributed by atoms with Crippen molar-refractivity contribution in [1.82, 2.24) is 4.90 Å². The summed E-state index contributed by atoms with van der Waals surface area (Å²) in [4.78, 5) is 14.1.